The third-order valence-electron chi connectivity index (χ3n) is 7.28. The molecule has 0 bridgehead atoms. The van der Waals surface area contributed by atoms with Crippen LogP contribution in [0.4, 0.5) is 5.69 Å². The fraction of sp³-hybridized carbons (Fsp3) is 0.414. The number of aliphatic hydroxyl groups excluding tert-OH is 1. The fourth-order valence-electron chi connectivity index (χ4n) is 4.92. The molecule has 0 spiro atoms. The van der Waals surface area contributed by atoms with Gasteiger partial charge in [-0.1, -0.05) is 24.3 Å². The molecule has 7 heteroatoms. The number of rotatable bonds is 9. The second kappa shape index (κ2) is 11.1. The number of aryl methyl sites for hydroxylation is 1. The summed E-state index contributed by atoms with van der Waals surface area (Å²) in [5.41, 5.74) is 4.91. The summed E-state index contributed by atoms with van der Waals surface area (Å²) < 4.78 is 0. The number of benzene rings is 2. The average Bonchev–Trinajstić information content (AvgIpc) is 3.50. The fourth-order valence-corrected chi connectivity index (χ4v) is 5.87. The molecule has 1 aliphatic heterocycles. The first kappa shape index (κ1) is 25.0. The first-order valence-corrected chi connectivity index (χ1v) is 13.8. The van der Waals surface area contributed by atoms with Crippen LogP contribution in [0.25, 0.3) is 10.4 Å². The van der Waals surface area contributed by atoms with E-state index in [2.05, 4.69) is 57.7 Å². The van der Waals surface area contributed by atoms with Gasteiger partial charge in [-0.25, -0.2) is 0 Å². The van der Waals surface area contributed by atoms with Crippen molar-refractivity contribution in [2.75, 3.05) is 18.4 Å². The number of aliphatic hydroxyl groups is 1. The maximum atomic E-state index is 13.2. The second-order valence-corrected chi connectivity index (χ2v) is 11.3. The number of anilines is 1. The molecule has 3 aromatic rings. The Morgan fingerprint density at radius 2 is 1.97 bits per heavy atom. The summed E-state index contributed by atoms with van der Waals surface area (Å²) in [7, 11) is 0. The number of carbonyl (C=O) groups excluding carboxylic acids is 1. The third kappa shape index (κ3) is 5.98. The normalized spacial score (nSPS) is 20.6. The minimum Gasteiger partial charge on any atom is -0.393 e. The zero-order valence-corrected chi connectivity index (χ0v) is 21.8. The smallest absolute Gasteiger partial charge is 0.252 e. The highest BCUT2D eigenvalue weighted by Crippen LogP contribution is 2.30. The Balaban J connectivity index is 1.22. The Bertz CT molecular complexity index is 1210. The van der Waals surface area contributed by atoms with Crippen LogP contribution in [0.15, 0.2) is 54.6 Å². The van der Waals surface area contributed by atoms with E-state index in [1.54, 1.807) is 11.3 Å². The van der Waals surface area contributed by atoms with Crippen LogP contribution in [-0.4, -0.2) is 42.3 Å². The van der Waals surface area contributed by atoms with Crippen molar-refractivity contribution in [2.45, 2.75) is 63.9 Å². The van der Waals surface area contributed by atoms with E-state index in [9.17, 15) is 9.90 Å². The van der Waals surface area contributed by atoms with E-state index >= 15 is 0 Å². The summed E-state index contributed by atoms with van der Waals surface area (Å²) in [4.78, 5) is 15.7. The highest BCUT2D eigenvalue weighted by molar-refractivity contribution is 7.15. The molecule has 2 aromatic carbocycles. The van der Waals surface area contributed by atoms with Crippen LogP contribution in [-0.2, 0) is 6.54 Å². The zero-order chi connectivity index (χ0) is 25.1. The molecule has 0 radical (unpaired) electrons. The summed E-state index contributed by atoms with van der Waals surface area (Å²) >= 11 is 1.79. The Morgan fingerprint density at radius 1 is 1.11 bits per heavy atom. The highest BCUT2D eigenvalue weighted by Gasteiger charge is 2.22. The first-order valence-electron chi connectivity index (χ1n) is 12.9. The van der Waals surface area contributed by atoms with Gasteiger partial charge in [0.15, 0.2) is 0 Å². The van der Waals surface area contributed by atoms with Crippen molar-refractivity contribution in [3.05, 3.63) is 76.2 Å². The van der Waals surface area contributed by atoms with Crippen molar-refractivity contribution < 1.29 is 9.90 Å². The lowest BCUT2D eigenvalue weighted by Gasteiger charge is -2.29. The molecule has 1 aromatic heterocycles. The van der Waals surface area contributed by atoms with Crippen molar-refractivity contribution in [1.82, 2.24) is 16.0 Å². The average molecular weight is 505 g/mol. The maximum Gasteiger partial charge on any atom is 0.252 e. The Hall–Kier alpha value is -2.71. The maximum absolute atomic E-state index is 13.2. The van der Waals surface area contributed by atoms with Gasteiger partial charge in [-0.3, -0.25) is 4.79 Å². The van der Waals surface area contributed by atoms with Gasteiger partial charge in [0.2, 0.25) is 0 Å². The van der Waals surface area contributed by atoms with E-state index in [1.807, 2.05) is 32.0 Å². The molecule has 190 valence electrons. The van der Waals surface area contributed by atoms with Gasteiger partial charge >= 0.3 is 0 Å². The molecular formula is C29H36N4O2S. The summed E-state index contributed by atoms with van der Waals surface area (Å²) in [5.74, 6) is -0.0534. The van der Waals surface area contributed by atoms with E-state index in [4.69, 9.17) is 0 Å². The number of hydrogen-bond acceptors (Lipinski definition) is 6. The van der Waals surface area contributed by atoms with Crippen LogP contribution in [0.2, 0.25) is 0 Å². The zero-order valence-electron chi connectivity index (χ0n) is 21.0. The van der Waals surface area contributed by atoms with Crippen molar-refractivity contribution in [1.29, 1.82) is 0 Å². The molecule has 0 unspecified atom stereocenters. The Labute approximate surface area is 217 Å². The highest BCUT2D eigenvalue weighted by atomic mass is 32.1. The molecule has 2 heterocycles. The molecule has 1 saturated carbocycles. The lowest BCUT2D eigenvalue weighted by atomic mass is 10.0. The number of hydrogen-bond donors (Lipinski definition) is 5. The van der Waals surface area contributed by atoms with Gasteiger partial charge in [-0.05, 0) is 80.1 Å². The summed E-state index contributed by atoms with van der Waals surface area (Å²) in [6.45, 7) is 6.76. The minimum atomic E-state index is -0.152. The van der Waals surface area contributed by atoms with Gasteiger partial charge < -0.3 is 26.4 Å². The Kier molecular flexibility index (Phi) is 7.72. The molecule has 1 aliphatic carbocycles. The predicted octanol–water partition coefficient (Wildman–Crippen LogP) is 4.60. The van der Waals surface area contributed by atoms with E-state index in [0.717, 1.165) is 61.3 Å². The molecule has 1 amide bonds. The van der Waals surface area contributed by atoms with Gasteiger partial charge in [-0.15, -0.1) is 11.3 Å². The molecule has 2 aliphatic rings. The lowest BCUT2D eigenvalue weighted by molar-refractivity contribution is 0.0939. The van der Waals surface area contributed by atoms with E-state index in [0.29, 0.717) is 17.6 Å². The molecule has 2 fully saturated rings. The monoisotopic (exact) mass is 504 g/mol. The van der Waals surface area contributed by atoms with Crippen LogP contribution in [0, 0.1) is 6.92 Å². The van der Waals surface area contributed by atoms with Gasteiger partial charge in [0.1, 0.15) is 0 Å². The summed E-state index contributed by atoms with van der Waals surface area (Å²) in [6, 6.07) is 19.5. The lowest BCUT2D eigenvalue weighted by Crippen LogP contribution is -2.51. The number of carbonyl (C=O) groups is 1. The number of nitrogens with one attached hydrogen (secondary N) is 4. The van der Waals surface area contributed by atoms with Crippen LogP contribution in [0.1, 0.15) is 58.6 Å². The predicted molar refractivity (Wildman–Crippen MR) is 148 cm³/mol. The number of thiophene rings is 1. The minimum absolute atomic E-state index is 0.0534. The summed E-state index contributed by atoms with van der Waals surface area (Å²) in [5, 5.41) is 23.3. The van der Waals surface area contributed by atoms with Crippen LogP contribution >= 0.6 is 11.3 Å². The number of amides is 1. The molecular weight excluding hydrogens is 468 g/mol. The van der Waals surface area contributed by atoms with Gasteiger partial charge in [0, 0.05) is 46.7 Å². The van der Waals surface area contributed by atoms with E-state index < -0.39 is 0 Å². The van der Waals surface area contributed by atoms with Gasteiger partial charge in [-0.2, -0.15) is 0 Å². The van der Waals surface area contributed by atoms with Crippen molar-refractivity contribution in [3.8, 4) is 10.4 Å². The largest absolute Gasteiger partial charge is 0.393 e. The molecule has 36 heavy (non-hydrogen) atoms. The summed E-state index contributed by atoms with van der Waals surface area (Å²) in [6.07, 6.45) is 2.64. The molecule has 3 atom stereocenters. The Morgan fingerprint density at radius 3 is 2.72 bits per heavy atom. The first-order chi connectivity index (χ1) is 17.4. The van der Waals surface area contributed by atoms with Crippen LogP contribution < -0.4 is 21.3 Å². The third-order valence-corrected chi connectivity index (χ3v) is 8.42. The quantitative estimate of drug-likeness (QED) is 0.294. The molecule has 5 N–H and O–H groups in total. The van der Waals surface area contributed by atoms with Crippen molar-refractivity contribution in [2.24, 2.45) is 0 Å². The van der Waals surface area contributed by atoms with E-state index in [-0.39, 0.29) is 18.1 Å². The van der Waals surface area contributed by atoms with Crippen LogP contribution in [0.5, 0.6) is 0 Å². The topological polar surface area (TPSA) is 85.4 Å². The van der Waals surface area contributed by atoms with E-state index in [1.165, 1.54) is 9.75 Å². The molecule has 1 saturated heterocycles. The second-order valence-electron chi connectivity index (χ2n) is 10.2. The SMILES string of the molecule is Cc1ccc(NC2CNC2)cc1C(=O)N[C@H](C)c1cccc(-c2ccc(CN[C@H]3CC[C@H](O)C3)s2)c1. The van der Waals surface area contributed by atoms with Crippen LogP contribution in [0.3, 0.4) is 0 Å². The van der Waals surface area contributed by atoms with Gasteiger partial charge in [0.25, 0.3) is 5.91 Å². The molecule has 6 nitrogen and oxygen atoms in total. The van der Waals surface area contributed by atoms with Gasteiger partial charge in [0.05, 0.1) is 18.2 Å². The van der Waals surface area contributed by atoms with Crippen molar-refractivity contribution >= 4 is 22.9 Å². The van der Waals surface area contributed by atoms with Crippen molar-refractivity contribution in [3.63, 3.8) is 0 Å². The standard InChI is InChI=1S/C29H36N4O2S/c1-18-6-7-23(33-24-15-30-16-24)14-27(18)29(35)32-19(2)20-4-3-5-21(12-20)28-11-10-26(36-28)17-31-22-8-9-25(34)13-22/h3-7,10-12,14,19,22,24-25,30-31,33-34H,8-9,13,15-17H2,1-2H3,(H,32,35)/t19-,22+,25+/m1/s1. The molecule has 5 rings (SSSR count).